The maximum atomic E-state index is 12.3. The van der Waals surface area contributed by atoms with Crippen LogP contribution in [0, 0.1) is 3.57 Å². The molecule has 0 atom stereocenters. The molecule has 0 bridgehead atoms. The number of phenols is 1. The Kier molecular flexibility index (Phi) is 5.44. The number of anilines is 1. The van der Waals surface area contributed by atoms with Crippen LogP contribution >= 0.6 is 22.6 Å². The van der Waals surface area contributed by atoms with Gasteiger partial charge in [0.1, 0.15) is 11.5 Å². The van der Waals surface area contributed by atoms with E-state index in [1.54, 1.807) is 12.1 Å². The molecule has 0 spiro atoms. The average Bonchev–Trinajstić information content (AvgIpc) is 2.61. The number of piperazine rings is 1. The molecule has 1 heterocycles. The maximum absolute atomic E-state index is 12.3. The van der Waals surface area contributed by atoms with E-state index >= 15 is 0 Å². The van der Waals surface area contributed by atoms with Crippen LogP contribution in [-0.4, -0.2) is 48.7 Å². The van der Waals surface area contributed by atoms with Gasteiger partial charge in [0.15, 0.2) is 6.61 Å². The molecule has 1 fully saturated rings. The smallest absolute Gasteiger partial charge is 0.260 e. The van der Waals surface area contributed by atoms with Crippen LogP contribution in [0.15, 0.2) is 48.5 Å². The number of halogens is 1. The molecule has 1 saturated heterocycles. The normalized spacial score (nSPS) is 14.5. The highest BCUT2D eigenvalue weighted by Crippen LogP contribution is 2.27. The molecule has 24 heavy (non-hydrogen) atoms. The summed E-state index contributed by atoms with van der Waals surface area (Å²) in [6, 6.07) is 14.9. The van der Waals surface area contributed by atoms with Gasteiger partial charge in [0, 0.05) is 29.7 Å². The second kappa shape index (κ2) is 7.74. The molecule has 1 aliphatic rings. The van der Waals surface area contributed by atoms with Gasteiger partial charge in [-0.3, -0.25) is 4.79 Å². The van der Waals surface area contributed by atoms with Crippen LogP contribution in [0.5, 0.6) is 11.5 Å². The predicted molar refractivity (Wildman–Crippen MR) is 102 cm³/mol. The Labute approximate surface area is 155 Å². The van der Waals surface area contributed by atoms with Crippen molar-refractivity contribution in [3.8, 4) is 11.5 Å². The van der Waals surface area contributed by atoms with Crippen LogP contribution in [0.25, 0.3) is 0 Å². The summed E-state index contributed by atoms with van der Waals surface area (Å²) in [6.45, 7) is 2.71. The number of ether oxygens (including phenoxy) is 1. The molecule has 126 valence electrons. The third-order valence-electron chi connectivity index (χ3n) is 4.03. The second-order valence-electron chi connectivity index (χ2n) is 5.60. The molecule has 2 aromatic rings. The van der Waals surface area contributed by atoms with Gasteiger partial charge >= 0.3 is 0 Å². The predicted octanol–water partition coefficient (Wildman–Crippen LogP) is 2.72. The van der Waals surface area contributed by atoms with Crippen molar-refractivity contribution in [2.45, 2.75) is 0 Å². The number of carbonyl (C=O) groups excluding carboxylic acids is 1. The third kappa shape index (κ3) is 4.11. The molecule has 1 N–H and O–H groups in total. The first kappa shape index (κ1) is 16.9. The van der Waals surface area contributed by atoms with Crippen molar-refractivity contribution in [1.29, 1.82) is 0 Å². The molecule has 0 saturated carbocycles. The Bertz CT molecular complexity index is 698. The van der Waals surface area contributed by atoms with Gasteiger partial charge < -0.3 is 19.6 Å². The van der Waals surface area contributed by atoms with E-state index in [1.165, 1.54) is 0 Å². The maximum Gasteiger partial charge on any atom is 0.260 e. The zero-order chi connectivity index (χ0) is 16.9. The van der Waals surface area contributed by atoms with Gasteiger partial charge in [0.2, 0.25) is 0 Å². The zero-order valence-corrected chi connectivity index (χ0v) is 15.3. The lowest BCUT2D eigenvalue weighted by Crippen LogP contribution is -2.50. The van der Waals surface area contributed by atoms with Crippen molar-refractivity contribution in [1.82, 2.24) is 4.90 Å². The Hall–Kier alpha value is -1.96. The fourth-order valence-electron chi connectivity index (χ4n) is 2.70. The number of aromatic hydroxyl groups is 1. The minimum Gasteiger partial charge on any atom is -0.506 e. The SMILES string of the molecule is O=C(COc1ccc(I)cc1)N1CCN(c2ccccc2O)CC1. The van der Waals surface area contributed by atoms with Gasteiger partial charge in [-0.2, -0.15) is 0 Å². The van der Waals surface area contributed by atoms with E-state index in [1.807, 2.05) is 41.3 Å². The van der Waals surface area contributed by atoms with Crippen LogP contribution in [0.2, 0.25) is 0 Å². The van der Waals surface area contributed by atoms with Gasteiger partial charge in [-0.15, -0.1) is 0 Å². The summed E-state index contributed by atoms with van der Waals surface area (Å²) in [5.74, 6) is 0.974. The monoisotopic (exact) mass is 438 g/mol. The number of rotatable bonds is 4. The lowest BCUT2D eigenvalue weighted by molar-refractivity contribution is -0.133. The molecular weight excluding hydrogens is 419 g/mol. The number of hydrogen-bond donors (Lipinski definition) is 1. The first-order chi connectivity index (χ1) is 11.6. The van der Waals surface area contributed by atoms with Crippen LogP contribution in [0.3, 0.4) is 0 Å². The molecule has 1 amide bonds. The fourth-order valence-corrected chi connectivity index (χ4v) is 3.06. The summed E-state index contributed by atoms with van der Waals surface area (Å²) in [6.07, 6.45) is 0. The van der Waals surface area contributed by atoms with Gasteiger partial charge in [-0.25, -0.2) is 0 Å². The Balaban J connectivity index is 1.50. The van der Waals surface area contributed by atoms with Crippen molar-refractivity contribution in [3.63, 3.8) is 0 Å². The number of carbonyl (C=O) groups is 1. The van der Waals surface area contributed by atoms with Crippen molar-refractivity contribution in [2.75, 3.05) is 37.7 Å². The average molecular weight is 438 g/mol. The highest BCUT2D eigenvalue weighted by atomic mass is 127. The molecule has 0 unspecified atom stereocenters. The van der Waals surface area contributed by atoms with Crippen LogP contribution in [-0.2, 0) is 4.79 Å². The highest BCUT2D eigenvalue weighted by Gasteiger charge is 2.22. The van der Waals surface area contributed by atoms with Gasteiger partial charge in [0.25, 0.3) is 5.91 Å². The first-order valence-electron chi connectivity index (χ1n) is 7.82. The van der Waals surface area contributed by atoms with Gasteiger partial charge in [-0.05, 0) is 59.0 Å². The summed E-state index contributed by atoms with van der Waals surface area (Å²) in [5.41, 5.74) is 0.819. The number of para-hydroxylation sites is 2. The van der Waals surface area contributed by atoms with Crippen molar-refractivity contribution < 1.29 is 14.6 Å². The molecule has 3 rings (SSSR count). The topological polar surface area (TPSA) is 53.0 Å². The van der Waals surface area contributed by atoms with Crippen LogP contribution in [0.4, 0.5) is 5.69 Å². The molecule has 0 aromatic heterocycles. The molecule has 1 aliphatic heterocycles. The van der Waals surface area contributed by atoms with Crippen LogP contribution < -0.4 is 9.64 Å². The lowest BCUT2D eigenvalue weighted by Gasteiger charge is -2.36. The Morgan fingerprint density at radius 3 is 2.38 bits per heavy atom. The van der Waals surface area contributed by atoms with Gasteiger partial charge in [0.05, 0.1) is 5.69 Å². The van der Waals surface area contributed by atoms with Gasteiger partial charge in [-0.1, -0.05) is 12.1 Å². The molecular formula is C18H19IN2O3. The summed E-state index contributed by atoms with van der Waals surface area (Å²) in [4.78, 5) is 16.2. The summed E-state index contributed by atoms with van der Waals surface area (Å²) < 4.78 is 6.69. The Morgan fingerprint density at radius 2 is 1.71 bits per heavy atom. The molecule has 0 aliphatic carbocycles. The molecule has 0 radical (unpaired) electrons. The number of nitrogens with zero attached hydrogens (tertiary/aromatic N) is 2. The van der Waals surface area contributed by atoms with Crippen molar-refractivity contribution in [2.24, 2.45) is 0 Å². The van der Waals surface area contributed by atoms with Crippen LogP contribution in [0.1, 0.15) is 0 Å². The summed E-state index contributed by atoms with van der Waals surface area (Å²) in [5, 5.41) is 9.92. The minimum atomic E-state index is -0.00881. The number of benzene rings is 2. The first-order valence-corrected chi connectivity index (χ1v) is 8.90. The zero-order valence-electron chi connectivity index (χ0n) is 13.2. The van der Waals surface area contributed by atoms with E-state index in [9.17, 15) is 9.90 Å². The van der Waals surface area contributed by atoms with Crippen molar-refractivity contribution in [3.05, 3.63) is 52.1 Å². The molecule has 2 aromatic carbocycles. The standard InChI is InChI=1S/C18H19IN2O3/c19-14-5-7-15(8-6-14)24-13-18(23)21-11-9-20(10-12-21)16-3-1-2-4-17(16)22/h1-8,22H,9-13H2. The fraction of sp³-hybridized carbons (Fsp3) is 0.278. The Morgan fingerprint density at radius 1 is 1.04 bits per heavy atom. The lowest BCUT2D eigenvalue weighted by atomic mass is 10.2. The van der Waals surface area contributed by atoms with E-state index in [0.717, 1.165) is 9.26 Å². The van der Waals surface area contributed by atoms with E-state index in [-0.39, 0.29) is 18.3 Å². The third-order valence-corrected chi connectivity index (χ3v) is 4.75. The minimum absolute atomic E-state index is 0.00881. The molecule has 5 nitrogen and oxygen atoms in total. The summed E-state index contributed by atoms with van der Waals surface area (Å²) >= 11 is 2.23. The quantitative estimate of drug-likeness (QED) is 0.747. The molecule has 6 heteroatoms. The van der Waals surface area contributed by atoms with E-state index in [2.05, 4.69) is 27.5 Å². The number of phenolic OH excluding ortho intramolecular Hbond substituents is 1. The second-order valence-corrected chi connectivity index (χ2v) is 6.84. The largest absolute Gasteiger partial charge is 0.506 e. The summed E-state index contributed by atoms with van der Waals surface area (Å²) in [7, 11) is 0. The van der Waals surface area contributed by atoms with Crippen molar-refractivity contribution >= 4 is 34.2 Å². The number of amides is 1. The highest BCUT2D eigenvalue weighted by molar-refractivity contribution is 14.1. The number of hydrogen-bond acceptors (Lipinski definition) is 4. The van der Waals surface area contributed by atoms with E-state index < -0.39 is 0 Å². The van der Waals surface area contributed by atoms with E-state index in [0.29, 0.717) is 31.9 Å². The van der Waals surface area contributed by atoms with E-state index in [4.69, 9.17) is 4.74 Å².